The number of aromatic nitrogens is 3. The predicted octanol–water partition coefficient (Wildman–Crippen LogP) is 6.06. The third-order valence-corrected chi connectivity index (χ3v) is 13.6. The Bertz CT molecular complexity index is 2610. The Morgan fingerprint density at radius 2 is 1.21 bits per heavy atom. The number of non-ortho nitro benzene ring substituents is 1. The molecule has 6 rings (SSSR count). The fraction of sp³-hybridized carbons (Fsp3) is 0.589. The van der Waals surface area contributed by atoms with Gasteiger partial charge in [-0.2, -0.15) is 13.2 Å². The molecule has 1 aliphatic carbocycles. The zero-order valence-corrected chi connectivity index (χ0v) is 46.9. The first kappa shape index (κ1) is 66.5. The van der Waals surface area contributed by atoms with Crippen LogP contribution in [0.3, 0.4) is 0 Å². The maximum atomic E-state index is 13.8. The molecule has 25 nitrogen and oxygen atoms in total. The molecule has 1 atom stereocenters. The highest BCUT2D eigenvalue weighted by molar-refractivity contribution is 5.97. The number of amides is 2. The number of pyridine rings is 1. The van der Waals surface area contributed by atoms with Gasteiger partial charge in [-0.15, -0.1) is 0 Å². The Kier molecular flexibility index (Phi) is 28.7. The summed E-state index contributed by atoms with van der Waals surface area (Å²) in [5.74, 6) is -0.135. The van der Waals surface area contributed by atoms with Gasteiger partial charge in [-0.1, -0.05) is 0 Å². The summed E-state index contributed by atoms with van der Waals surface area (Å²) in [6, 6.07) is 11.5. The summed E-state index contributed by atoms with van der Waals surface area (Å²) in [5.41, 5.74) is -1.59. The van der Waals surface area contributed by atoms with E-state index in [-0.39, 0.29) is 86.3 Å². The van der Waals surface area contributed by atoms with Crippen LogP contribution in [0.15, 0.2) is 73.2 Å². The van der Waals surface area contributed by atoms with Gasteiger partial charge in [0.05, 0.1) is 153 Å². The lowest BCUT2D eigenvalue weighted by molar-refractivity contribution is -0.393. The average molecular weight is 1190 g/mol. The molecule has 2 aliphatic rings. The smallest absolute Gasteiger partial charge is 0.416 e. The van der Waals surface area contributed by atoms with E-state index in [2.05, 4.69) is 25.6 Å². The van der Waals surface area contributed by atoms with Crippen LogP contribution in [-0.4, -0.2) is 198 Å². The van der Waals surface area contributed by atoms with Gasteiger partial charge in [-0.05, 0) is 92.8 Å². The molecule has 3 heterocycles. The summed E-state index contributed by atoms with van der Waals surface area (Å²) in [5, 5.41) is 38.9. The second-order valence-electron chi connectivity index (χ2n) is 19.6. The van der Waals surface area contributed by atoms with Gasteiger partial charge in [0, 0.05) is 55.4 Å². The van der Waals surface area contributed by atoms with E-state index in [0.717, 1.165) is 49.4 Å². The van der Waals surface area contributed by atoms with Crippen molar-refractivity contribution in [3.63, 3.8) is 0 Å². The number of carbonyl (C=O) groups excluding carboxylic acids is 2. The minimum Gasteiger partial charge on any atom is -0.491 e. The molecule has 0 bridgehead atoms. The summed E-state index contributed by atoms with van der Waals surface area (Å²) in [6.45, 7) is 6.62. The summed E-state index contributed by atoms with van der Waals surface area (Å²) < 4.78 is 96.3. The molecule has 1 saturated heterocycles. The number of likely N-dealkylation sites (tertiary alicyclic amines) is 1. The number of rotatable bonds is 41. The van der Waals surface area contributed by atoms with Gasteiger partial charge in [-0.25, -0.2) is 9.97 Å². The molecular formula is C56H75F3N8O17. The summed E-state index contributed by atoms with van der Waals surface area (Å²) in [4.78, 5) is 61.7. The van der Waals surface area contributed by atoms with E-state index < -0.39 is 33.1 Å². The van der Waals surface area contributed by atoms with Crippen molar-refractivity contribution in [1.82, 2.24) is 25.2 Å². The van der Waals surface area contributed by atoms with E-state index in [1.807, 2.05) is 12.1 Å². The van der Waals surface area contributed by atoms with Gasteiger partial charge in [0.25, 0.3) is 17.3 Å². The van der Waals surface area contributed by atoms with Gasteiger partial charge >= 0.3 is 6.18 Å². The number of carbonyl (C=O) groups is 2. The number of anilines is 1. The van der Waals surface area contributed by atoms with Crippen LogP contribution in [0.4, 0.5) is 30.2 Å². The van der Waals surface area contributed by atoms with Crippen molar-refractivity contribution >= 4 is 28.9 Å². The molecule has 2 amide bonds. The standard InChI is InChI=1S/C56H75F3N8O17/c57-56(58,59)46-35-45(54(69)64-40-52(68)65-14-8-43(41-65)34-42-6-9-55(70,10-7-42)51-5-2-44(39-63-51)53-61-11-1-12-62-53)36-48(37-46)84-33-32-83-31-30-82-29-28-81-27-26-80-25-24-79-23-22-78-21-20-77-19-18-76-17-16-75-15-13-60-49-4-3-47(66(71)72)38-50(49)67(73)74/h1-5,11-12,35-39,42-43,60,70H,6-10,13-34,40-41H2,(H,64,69)/t42?,43-,55?/m1/s1. The summed E-state index contributed by atoms with van der Waals surface area (Å²) in [7, 11) is 0. The van der Waals surface area contributed by atoms with Crippen molar-refractivity contribution in [2.24, 2.45) is 11.8 Å². The van der Waals surface area contributed by atoms with Crippen molar-refractivity contribution in [3.8, 4) is 17.1 Å². The Labute approximate surface area is 484 Å². The normalized spacial score (nSPS) is 17.1. The highest BCUT2D eigenvalue weighted by atomic mass is 19.4. The SMILES string of the molecule is O=C(NCC(=O)N1CC[C@H](CC2CCC(O)(c3ccc(-c4ncccn4)cn3)CC2)C1)c1cc(OCCOCCOCCOCCOCCOCCOCCOCCOCCOCCNc2ccc([N+](=O)[O-])cc2[N+](=O)[O-])cc(C(F)(F)F)c1. The molecule has 3 N–H and O–H groups in total. The zero-order chi connectivity index (χ0) is 59.8. The highest BCUT2D eigenvalue weighted by Gasteiger charge is 2.38. The van der Waals surface area contributed by atoms with Crippen molar-refractivity contribution < 1.29 is 85.1 Å². The van der Waals surface area contributed by atoms with E-state index in [4.69, 9.17) is 47.4 Å². The fourth-order valence-corrected chi connectivity index (χ4v) is 9.24. The molecule has 2 aromatic carbocycles. The molecule has 84 heavy (non-hydrogen) atoms. The predicted molar refractivity (Wildman–Crippen MR) is 295 cm³/mol. The first-order valence-corrected chi connectivity index (χ1v) is 27.9. The number of nitrogens with zero attached hydrogens (tertiary/aromatic N) is 6. The van der Waals surface area contributed by atoms with Crippen LogP contribution >= 0.6 is 0 Å². The van der Waals surface area contributed by atoms with E-state index in [1.54, 1.807) is 29.6 Å². The van der Waals surface area contributed by atoms with Crippen LogP contribution in [-0.2, 0) is 59.2 Å². The lowest BCUT2D eigenvalue weighted by Gasteiger charge is -2.36. The molecule has 2 aromatic heterocycles. The number of hydrogen-bond donors (Lipinski definition) is 3. The molecular weight excluding hydrogens is 1110 g/mol. The van der Waals surface area contributed by atoms with E-state index in [0.29, 0.717) is 136 Å². The van der Waals surface area contributed by atoms with E-state index in [9.17, 15) is 48.1 Å². The first-order chi connectivity index (χ1) is 40.7. The molecule has 28 heteroatoms. The van der Waals surface area contributed by atoms with Crippen LogP contribution in [0.5, 0.6) is 5.75 Å². The fourth-order valence-electron chi connectivity index (χ4n) is 9.24. The molecule has 462 valence electrons. The average Bonchev–Trinajstić information content (AvgIpc) is 3.57. The van der Waals surface area contributed by atoms with Gasteiger partial charge in [0.2, 0.25) is 5.91 Å². The molecule has 2 fully saturated rings. The van der Waals surface area contributed by atoms with Crippen LogP contribution in [0, 0.1) is 32.1 Å². The quantitative estimate of drug-likeness (QED) is 0.0258. The van der Waals surface area contributed by atoms with Crippen molar-refractivity contribution in [1.29, 1.82) is 0 Å². The minimum absolute atomic E-state index is 0.0463. The van der Waals surface area contributed by atoms with Crippen LogP contribution in [0.2, 0.25) is 0 Å². The maximum absolute atomic E-state index is 13.8. The molecule has 0 unspecified atom stereocenters. The van der Waals surface area contributed by atoms with E-state index >= 15 is 0 Å². The maximum Gasteiger partial charge on any atom is 0.416 e. The van der Waals surface area contributed by atoms with Crippen molar-refractivity contribution in [2.45, 2.75) is 50.3 Å². The van der Waals surface area contributed by atoms with Crippen LogP contribution in [0.25, 0.3) is 11.4 Å². The Balaban J connectivity index is 0.693. The third-order valence-electron chi connectivity index (χ3n) is 13.6. The highest BCUT2D eigenvalue weighted by Crippen LogP contribution is 2.42. The lowest BCUT2D eigenvalue weighted by atomic mass is 9.74. The number of halogens is 3. The topological polar surface area (TPSA) is 299 Å². The molecule has 1 saturated carbocycles. The van der Waals surface area contributed by atoms with Crippen molar-refractivity contribution in [2.75, 3.05) is 157 Å². The molecule has 4 aromatic rings. The second-order valence-corrected chi connectivity index (χ2v) is 19.6. The number of ether oxygens (including phenoxy) is 10. The minimum atomic E-state index is -4.75. The number of nitro groups is 2. The van der Waals surface area contributed by atoms with Gasteiger partial charge in [-0.3, -0.25) is 34.8 Å². The molecule has 1 aliphatic heterocycles. The third kappa shape index (κ3) is 23.8. The lowest BCUT2D eigenvalue weighted by Crippen LogP contribution is -2.39. The zero-order valence-electron chi connectivity index (χ0n) is 46.9. The largest absolute Gasteiger partial charge is 0.491 e. The Morgan fingerprint density at radius 1 is 0.667 bits per heavy atom. The number of nitrogens with one attached hydrogen (secondary N) is 2. The second kappa shape index (κ2) is 36.3. The van der Waals surface area contributed by atoms with Crippen LogP contribution in [0.1, 0.15) is 60.1 Å². The van der Waals surface area contributed by atoms with E-state index in [1.165, 1.54) is 18.2 Å². The summed E-state index contributed by atoms with van der Waals surface area (Å²) >= 11 is 0. The number of hydrogen-bond acceptors (Lipinski definition) is 21. The van der Waals surface area contributed by atoms with Crippen molar-refractivity contribution in [3.05, 3.63) is 110 Å². The molecule has 0 radical (unpaired) electrons. The Morgan fingerprint density at radius 3 is 1.73 bits per heavy atom. The number of nitro benzene ring substituents is 2. The van der Waals surface area contributed by atoms with Gasteiger partial charge in [0.1, 0.15) is 23.6 Å². The Hall–Kier alpha value is -6.60. The summed E-state index contributed by atoms with van der Waals surface area (Å²) in [6.07, 6.45) is 4.72. The van der Waals surface area contributed by atoms with Gasteiger partial charge < -0.3 is 68.0 Å². The monoisotopic (exact) mass is 1190 g/mol. The number of benzene rings is 2. The molecule has 0 spiro atoms. The number of alkyl halides is 3. The van der Waals surface area contributed by atoms with Crippen LogP contribution < -0.4 is 15.4 Å². The number of aliphatic hydroxyl groups is 1. The van der Waals surface area contributed by atoms with Gasteiger partial charge in [0.15, 0.2) is 5.82 Å². The first-order valence-electron chi connectivity index (χ1n) is 27.9.